The molecule has 0 aliphatic carbocycles. The van der Waals surface area contributed by atoms with Gasteiger partial charge in [0.05, 0.1) is 0 Å². The van der Waals surface area contributed by atoms with Crippen LogP contribution in [0.5, 0.6) is 0 Å². The van der Waals surface area contributed by atoms with E-state index in [0.717, 1.165) is 12.8 Å². The molecular formula is C11H21NO. The fourth-order valence-electron chi connectivity index (χ4n) is 2.10. The van der Waals surface area contributed by atoms with Gasteiger partial charge in [-0.05, 0) is 24.2 Å². The minimum Gasteiger partial charge on any atom is -0.353 e. The van der Waals surface area contributed by atoms with Crippen LogP contribution in [0.2, 0.25) is 0 Å². The van der Waals surface area contributed by atoms with Crippen LogP contribution in [-0.4, -0.2) is 11.9 Å². The number of hydrogen-bond acceptors (Lipinski definition) is 1. The van der Waals surface area contributed by atoms with Crippen molar-refractivity contribution in [3.8, 4) is 0 Å². The van der Waals surface area contributed by atoms with E-state index < -0.39 is 0 Å². The van der Waals surface area contributed by atoms with Crippen molar-refractivity contribution in [3.05, 3.63) is 0 Å². The Balaban J connectivity index is 2.66. The van der Waals surface area contributed by atoms with E-state index in [4.69, 9.17) is 0 Å². The topological polar surface area (TPSA) is 29.1 Å². The zero-order valence-electron chi connectivity index (χ0n) is 9.18. The summed E-state index contributed by atoms with van der Waals surface area (Å²) >= 11 is 0. The van der Waals surface area contributed by atoms with Crippen LogP contribution in [0.25, 0.3) is 0 Å². The lowest BCUT2D eigenvalue weighted by Gasteiger charge is -2.29. The molecule has 1 fully saturated rings. The molecule has 0 spiro atoms. The van der Waals surface area contributed by atoms with Crippen molar-refractivity contribution >= 4 is 5.91 Å². The number of carbonyl (C=O) groups excluding carboxylic acids is 1. The van der Waals surface area contributed by atoms with Crippen molar-refractivity contribution < 1.29 is 4.79 Å². The summed E-state index contributed by atoms with van der Waals surface area (Å²) in [7, 11) is 0. The molecular weight excluding hydrogens is 162 g/mol. The molecule has 2 heteroatoms. The van der Waals surface area contributed by atoms with Gasteiger partial charge in [0.1, 0.15) is 0 Å². The summed E-state index contributed by atoms with van der Waals surface area (Å²) in [6, 6.07) is 0.394. The van der Waals surface area contributed by atoms with Gasteiger partial charge in [-0.15, -0.1) is 0 Å². The highest BCUT2D eigenvalue weighted by Crippen LogP contribution is 2.37. The maximum Gasteiger partial charge on any atom is 0.220 e. The Bertz CT molecular complexity index is 200. The first-order chi connectivity index (χ1) is 5.98. The SMILES string of the molecule is CCC1(C)CC(=O)NC1CC(C)C. The Morgan fingerprint density at radius 1 is 1.62 bits per heavy atom. The molecule has 1 saturated heterocycles. The van der Waals surface area contributed by atoms with Crippen LogP contribution in [0.1, 0.15) is 47.0 Å². The zero-order valence-corrected chi connectivity index (χ0v) is 9.18. The molecule has 2 nitrogen and oxygen atoms in total. The molecule has 0 aromatic heterocycles. The second-order valence-corrected chi connectivity index (χ2v) is 4.93. The molecule has 2 unspecified atom stereocenters. The third kappa shape index (κ3) is 2.23. The fraction of sp³-hybridized carbons (Fsp3) is 0.909. The first-order valence-corrected chi connectivity index (χ1v) is 5.27. The number of rotatable bonds is 3. The summed E-state index contributed by atoms with van der Waals surface area (Å²) in [5.74, 6) is 0.893. The zero-order chi connectivity index (χ0) is 10.1. The number of carbonyl (C=O) groups is 1. The van der Waals surface area contributed by atoms with Crippen LogP contribution < -0.4 is 5.32 Å². The van der Waals surface area contributed by atoms with E-state index in [9.17, 15) is 4.79 Å². The fourth-order valence-corrected chi connectivity index (χ4v) is 2.10. The van der Waals surface area contributed by atoms with Gasteiger partial charge in [0, 0.05) is 12.5 Å². The third-order valence-electron chi connectivity index (χ3n) is 3.26. The Hall–Kier alpha value is -0.530. The molecule has 0 saturated carbocycles. The molecule has 1 amide bonds. The second kappa shape index (κ2) is 3.69. The lowest BCUT2D eigenvalue weighted by molar-refractivity contribution is -0.119. The molecule has 0 bridgehead atoms. The number of amides is 1. The van der Waals surface area contributed by atoms with Gasteiger partial charge in [-0.25, -0.2) is 0 Å². The van der Waals surface area contributed by atoms with Gasteiger partial charge in [0.2, 0.25) is 5.91 Å². The molecule has 1 heterocycles. The average molecular weight is 183 g/mol. The Labute approximate surface area is 81.1 Å². The summed E-state index contributed by atoms with van der Waals surface area (Å²) in [5.41, 5.74) is 0.196. The predicted octanol–water partition coefficient (Wildman–Crippen LogP) is 2.34. The highest BCUT2D eigenvalue weighted by Gasteiger charge is 2.41. The van der Waals surface area contributed by atoms with Crippen LogP contribution in [0.15, 0.2) is 0 Å². The van der Waals surface area contributed by atoms with Gasteiger partial charge >= 0.3 is 0 Å². The van der Waals surface area contributed by atoms with Crippen molar-refractivity contribution in [2.45, 2.75) is 53.0 Å². The standard InChI is InChI=1S/C11H21NO/c1-5-11(4)7-10(13)12-9(11)6-8(2)3/h8-9H,5-7H2,1-4H3,(H,12,13). The predicted molar refractivity (Wildman–Crippen MR) is 54.4 cm³/mol. The summed E-state index contributed by atoms with van der Waals surface area (Å²) in [6.45, 7) is 8.81. The second-order valence-electron chi connectivity index (χ2n) is 4.93. The van der Waals surface area contributed by atoms with E-state index in [-0.39, 0.29) is 11.3 Å². The lowest BCUT2D eigenvalue weighted by atomic mass is 9.77. The maximum atomic E-state index is 11.3. The van der Waals surface area contributed by atoms with Gasteiger partial charge in [0.15, 0.2) is 0 Å². The van der Waals surface area contributed by atoms with Crippen LogP contribution >= 0.6 is 0 Å². The van der Waals surface area contributed by atoms with Gasteiger partial charge in [-0.1, -0.05) is 27.7 Å². The van der Waals surface area contributed by atoms with Gasteiger partial charge < -0.3 is 5.32 Å². The molecule has 76 valence electrons. The van der Waals surface area contributed by atoms with Crippen LogP contribution in [0, 0.1) is 11.3 Å². The van der Waals surface area contributed by atoms with E-state index >= 15 is 0 Å². The molecule has 2 atom stereocenters. The van der Waals surface area contributed by atoms with Crippen molar-refractivity contribution in [2.24, 2.45) is 11.3 Å². The van der Waals surface area contributed by atoms with Crippen molar-refractivity contribution in [1.82, 2.24) is 5.32 Å². The van der Waals surface area contributed by atoms with E-state index in [0.29, 0.717) is 18.4 Å². The average Bonchev–Trinajstić information content (AvgIpc) is 2.27. The number of nitrogens with one attached hydrogen (secondary N) is 1. The molecule has 1 aliphatic rings. The quantitative estimate of drug-likeness (QED) is 0.715. The van der Waals surface area contributed by atoms with Gasteiger partial charge in [-0.3, -0.25) is 4.79 Å². The van der Waals surface area contributed by atoms with Crippen molar-refractivity contribution in [1.29, 1.82) is 0 Å². The highest BCUT2D eigenvalue weighted by atomic mass is 16.2. The van der Waals surface area contributed by atoms with Crippen LogP contribution in [-0.2, 0) is 4.79 Å². The van der Waals surface area contributed by atoms with Crippen molar-refractivity contribution in [2.75, 3.05) is 0 Å². The molecule has 13 heavy (non-hydrogen) atoms. The van der Waals surface area contributed by atoms with Crippen molar-refractivity contribution in [3.63, 3.8) is 0 Å². The summed E-state index contributed by atoms with van der Waals surface area (Å²) in [5, 5.41) is 3.09. The van der Waals surface area contributed by atoms with Gasteiger partial charge in [0.25, 0.3) is 0 Å². The third-order valence-corrected chi connectivity index (χ3v) is 3.26. The highest BCUT2D eigenvalue weighted by molar-refractivity contribution is 5.79. The summed E-state index contributed by atoms with van der Waals surface area (Å²) in [4.78, 5) is 11.3. The van der Waals surface area contributed by atoms with Crippen LogP contribution in [0.4, 0.5) is 0 Å². The van der Waals surface area contributed by atoms with Crippen LogP contribution in [0.3, 0.4) is 0 Å². The monoisotopic (exact) mass is 183 g/mol. The first kappa shape index (κ1) is 10.6. The molecule has 1 aliphatic heterocycles. The van der Waals surface area contributed by atoms with E-state index in [1.54, 1.807) is 0 Å². The minimum absolute atomic E-state index is 0.196. The molecule has 1 N–H and O–H groups in total. The largest absolute Gasteiger partial charge is 0.353 e. The Morgan fingerprint density at radius 2 is 2.23 bits per heavy atom. The first-order valence-electron chi connectivity index (χ1n) is 5.27. The lowest BCUT2D eigenvalue weighted by Crippen LogP contribution is -2.36. The molecule has 0 aromatic carbocycles. The summed E-state index contributed by atoms with van der Waals surface area (Å²) in [6.07, 6.45) is 2.90. The number of hydrogen-bond donors (Lipinski definition) is 1. The van der Waals surface area contributed by atoms with Gasteiger partial charge in [-0.2, -0.15) is 0 Å². The Kier molecular flexibility index (Phi) is 2.99. The molecule has 0 aromatic rings. The Morgan fingerprint density at radius 3 is 2.69 bits per heavy atom. The maximum absolute atomic E-state index is 11.3. The van der Waals surface area contributed by atoms with E-state index in [1.807, 2.05) is 0 Å². The summed E-state index contributed by atoms with van der Waals surface area (Å²) < 4.78 is 0. The van der Waals surface area contributed by atoms with E-state index in [2.05, 4.69) is 33.0 Å². The molecule has 0 radical (unpaired) electrons. The van der Waals surface area contributed by atoms with E-state index in [1.165, 1.54) is 0 Å². The minimum atomic E-state index is 0.196. The molecule has 1 rings (SSSR count). The smallest absolute Gasteiger partial charge is 0.220 e. The normalized spacial score (nSPS) is 33.9.